The van der Waals surface area contributed by atoms with Gasteiger partial charge in [-0.05, 0) is 26.0 Å². The molecule has 1 radical (unpaired) electrons. The van der Waals surface area contributed by atoms with E-state index in [1.165, 1.54) is 6.07 Å². The quantitative estimate of drug-likeness (QED) is 0.720. The fourth-order valence-corrected chi connectivity index (χ4v) is 2.62. The number of benzene rings is 1. The van der Waals surface area contributed by atoms with Crippen LogP contribution in [0.15, 0.2) is 12.1 Å². The number of ether oxygens (including phenoxy) is 1. The molecular weight excluding hydrogens is 272 g/mol. The summed E-state index contributed by atoms with van der Waals surface area (Å²) >= 11 is 0. The Labute approximate surface area is 111 Å². The van der Waals surface area contributed by atoms with Crippen LogP contribution >= 0.6 is 7.60 Å². The second-order valence-electron chi connectivity index (χ2n) is 3.39. The van der Waals surface area contributed by atoms with Gasteiger partial charge >= 0.3 is 7.60 Å². The Morgan fingerprint density at radius 3 is 2.58 bits per heavy atom. The minimum absolute atomic E-state index is 0.00389. The largest absolute Gasteiger partial charge is 0.480 e. The van der Waals surface area contributed by atoms with Crippen molar-refractivity contribution in [1.29, 1.82) is 5.26 Å². The fourth-order valence-electron chi connectivity index (χ4n) is 1.31. The molecule has 0 unspecified atom stereocenters. The first-order chi connectivity index (χ1) is 9.04. The Balaban J connectivity index is 2.80. The summed E-state index contributed by atoms with van der Waals surface area (Å²) in [5, 5.41) is 8.84. The van der Waals surface area contributed by atoms with E-state index in [2.05, 4.69) is 6.07 Å². The third kappa shape index (κ3) is 4.64. The van der Waals surface area contributed by atoms with Gasteiger partial charge in [-0.15, -0.1) is 0 Å². The van der Waals surface area contributed by atoms with Gasteiger partial charge in [0.15, 0.2) is 6.35 Å². The molecule has 0 amide bonds. The third-order valence-corrected chi connectivity index (χ3v) is 3.78. The van der Waals surface area contributed by atoms with Crippen LogP contribution in [0.25, 0.3) is 0 Å². The molecule has 0 N–H and O–H groups in total. The SMILES string of the molecule is CCOP(=O)(COc1c[c]c(F)cc1C#N)OCC. The summed E-state index contributed by atoms with van der Waals surface area (Å²) in [6.45, 7) is 3.78. The highest BCUT2D eigenvalue weighted by Gasteiger charge is 2.25. The van der Waals surface area contributed by atoms with Gasteiger partial charge in [-0.3, -0.25) is 4.57 Å². The van der Waals surface area contributed by atoms with E-state index in [-0.39, 0.29) is 30.9 Å². The van der Waals surface area contributed by atoms with Crippen molar-refractivity contribution in [3.05, 3.63) is 29.6 Å². The van der Waals surface area contributed by atoms with Gasteiger partial charge in [0.05, 0.1) is 18.8 Å². The second kappa shape index (κ2) is 7.25. The van der Waals surface area contributed by atoms with Gasteiger partial charge < -0.3 is 13.8 Å². The predicted molar refractivity (Wildman–Crippen MR) is 66.3 cm³/mol. The molecule has 1 rings (SSSR count). The van der Waals surface area contributed by atoms with Crippen LogP contribution in [0.1, 0.15) is 19.4 Å². The lowest BCUT2D eigenvalue weighted by molar-refractivity contribution is 0.196. The summed E-state index contributed by atoms with van der Waals surface area (Å²) in [4.78, 5) is 0. The van der Waals surface area contributed by atoms with Crippen LogP contribution in [0.4, 0.5) is 4.39 Å². The fraction of sp³-hybridized carbons (Fsp3) is 0.417. The van der Waals surface area contributed by atoms with Crippen molar-refractivity contribution in [3.63, 3.8) is 0 Å². The van der Waals surface area contributed by atoms with Crippen molar-refractivity contribution in [2.45, 2.75) is 13.8 Å². The lowest BCUT2D eigenvalue weighted by atomic mass is 10.2. The third-order valence-electron chi connectivity index (χ3n) is 2.03. The highest BCUT2D eigenvalue weighted by Crippen LogP contribution is 2.48. The molecule has 19 heavy (non-hydrogen) atoms. The molecule has 0 spiro atoms. The molecule has 0 saturated carbocycles. The zero-order valence-corrected chi connectivity index (χ0v) is 11.6. The Morgan fingerprint density at radius 1 is 1.42 bits per heavy atom. The standard InChI is InChI=1S/C12H14FNO4P/c1-3-17-19(15,18-4-2)9-16-12-6-5-11(13)7-10(12)8-14/h6-7H,3-4,9H2,1-2H3. The van der Waals surface area contributed by atoms with Gasteiger partial charge in [0, 0.05) is 6.07 Å². The summed E-state index contributed by atoms with van der Waals surface area (Å²) in [5.74, 6) is -0.578. The van der Waals surface area contributed by atoms with Crippen LogP contribution in [0, 0.1) is 23.2 Å². The number of hydrogen-bond acceptors (Lipinski definition) is 5. The van der Waals surface area contributed by atoms with Gasteiger partial charge in [-0.1, -0.05) is 0 Å². The summed E-state index contributed by atoms with van der Waals surface area (Å²) in [7, 11) is -3.37. The van der Waals surface area contributed by atoms with E-state index < -0.39 is 13.4 Å². The van der Waals surface area contributed by atoms with E-state index in [1.807, 2.05) is 0 Å². The topological polar surface area (TPSA) is 68.5 Å². The molecule has 0 atom stereocenters. The molecule has 0 bridgehead atoms. The Bertz CT molecular complexity index is 505. The van der Waals surface area contributed by atoms with Crippen molar-refractivity contribution in [1.82, 2.24) is 0 Å². The number of hydrogen-bond donors (Lipinski definition) is 0. The van der Waals surface area contributed by atoms with Crippen molar-refractivity contribution in [2.75, 3.05) is 19.6 Å². The summed E-state index contributed by atoms with van der Waals surface area (Å²) < 4.78 is 40.3. The minimum atomic E-state index is -3.37. The van der Waals surface area contributed by atoms with Crippen LogP contribution in [-0.2, 0) is 13.6 Å². The molecule has 0 aromatic heterocycles. The van der Waals surface area contributed by atoms with E-state index in [1.54, 1.807) is 19.9 Å². The molecule has 0 aliphatic rings. The number of nitrogens with zero attached hydrogens (tertiary/aromatic N) is 1. The summed E-state index contributed by atoms with van der Waals surface area (Å²) in [6.07, 6.45) is -0.344. The van der Waals surface area contributed by atoms with Crippen molar-refractivity contribution in [3.8, 4) is 11.8 Å². The molecule has 0 aliphatic heterocycles. The van der Waals surface area contributed by atoms with E-state index >= 15 is 0 Å². The van der Waals surface area contributed by atoms with Gasteiger partial charge in [0.2, 0.25) is 0 Å². The van der Waals surface area contributed by atoms with Gasteiger partial charge in [0.1, 0.15) is 17.6 Å². The minimum Gasteiger partial charge on any atom is -0.480 e. The molecule has 0 aliphatic carbocycles. The molecule has 1 aromatic carbocycles. The first-order valence-corrected chi connectivity index (χ1v) is 7.39. The monoisotopic (exact) mass is 286 g/mol. The molecule has 7 heteroatoms. The van der Waals surface area contributed by atoms with Crippen LogP contribution in [0.2, 0.25) is 0 Å². The smallest absolute Gasteiger partial charge is 0.367 e. The molecule has 0 saturated heterocycles. The first kappa shape index (κ1) is 15.6. The second-order valence-corrected chi connectivity index (χ2v) is 5.39. The maximum atomic E-state index is 12.9. The van der Waals surface area contributed by atoms with Crippen molar-refractivity contribution >= 4 is 7.60 Å². The van der Waals surface area contributed by atoms with E-state index in [9.17, 15) is 8.96 Å². The van der Waals surface area contributed by atoms with Crippen molar-refractivity contribution in [2.24, 2.45) is 0 Å². The lowest BCUT2D eigenvalue weighted by Gasteiger charge is -2.17. The zero-order chi connectivity index (χ0) is 14.3. The summed E-state index contributed by atoms with van der Waals surface area (Å²) in [5.41, 5.74) is -0.00389. The maximum Gasteiger partial charge on any atom is 0.367 e. The highest BCUT2D eigenvalue weighted by molar-refractivity contribution is 7.53. The Morgan fingerprint density at radius 2 is 2.05 bits per heavy atom. The normalized spacial score (nSPS) is 11.1. The molecule has 1 aromatic rings. The molecule has 0 heterocycles. The van der Waals surface area contributed by atoms with E-state index in [0.29, 0.717) is 0 Å². The van der Waals surface area contributed by atoms with Crippen molar-refractivity contribution < 1.29 is 22.7 Å². The van der Waals surface area contributed by atoms with Crippen LogP contribution in [0.5, 0.6) is 5.75 Å². The number of halogens is 1. The van der Waals surface area contributed by atoms with Crippen LogP contribution in [-0.4, -0.2) is 19.6 Å². The molecule has 5 nitrogen and oxygen atoms in total. The lowest BCUT2D eigenvalue weighted by Crippen LogP contribution is -2.06. The number of rotatable bonds is 7. The van der Waals surface area contributed by atoms with Gasteiger partial charge in [-0.2, -0.15) is 5.26 Å². The van der Waals surface area contributed by atoms with Gasteiger partial charge in [-0.25, -0.2) is 4.39 Å². The molecular formula is C12H14FNO4P. The van der Waals surface area contributed by atoms with E-state index in [0.717, 1.165) is 6.07 Å². The predicted octanol–water partition coefficient (Wildman–Crippen LogP) is 3.10. The number of nitriles is 1. The average Bonchev–Trinajstić information content (AvgIpc) is 2.38. The average molecular weight is 286 g/mol. The molecule has 103 valence electrons. The molecule has 0 fully saturated rings. The Hall–Kier alpha value is -1.41. The van der Waals surface area contributed by atoms with Gasteiger partial charge in [0.25, 0.3) is 0 Å². The Kier molecular flexibility index (Phi) is 5.97. The van der Waals surface area contributed by atoms with E-state index in [4.69, 9.17) is 19.0 Å². The zero-order valence-electron chi connectivity index (χ0n) is 10.7. The maximum absolute atomic E-state index is 12.9. The highest BCUT2D eigenvalue weighted by atomic mass is 31.2. The summed E-state index contributed by atoms with van der Waals surface area (Å²) in [6, 6.07) is 6.21. The van der Waals surface area contributed by atoms with Crippen LogP contribution < -0.4 is 4.74 Å². The van der Waals surface area contributed by atoms with Crippen LogP contribution in [0.3, 0.4) is 0 Å². The first-order valence-electron chi connectivity index (χ1n) is 5.67.